The van der Waals surface area contributed by atoms with Gasteiger partial charge in [0.2, 0.25) is 11.8 Å². The van der Waals surface area contributed by atoms with Crippen LogP contribution in [0.3, 0.4) is 0 Å². The molecule has 9 nitrogen and oxygen atoms in total. The molecule has 0 aliphatic heterocycles. The number of carbonyl (C=O) groups is 2. The quantitative estimate of drug-likeness (QED) is 0.234. The van der Waals surface area contributed by atoms with Gasteiger partial charge in [0.1, 0.15) is 0 Å². The van der Waals surface area contributed by atoms with E-state index in [-0.39, 0.29) is 18.2 Å². The molecular weight excluding hydrogens is 438 g/mol. The van der Waals surface area contributed by atoms with Gasteiger partial charge in [0.25, 0.3) is 0 Å². The van der Waals surface area contributed by atoms with Gasteiger partial charge < -0.3 is 29.6 Å². The second-order valence-corrected chi connectivity index (χ2v) is 7.14. The lowest BCUT2D eigenvalue weighted by molar-refractivity contribution is -0.122. The molecule has 0 spiro atoms. The van der Waals surface area contributed by atoms with Crippen molar-refractivity contribution in [1.82, 2.24) is 5.32 Å². The van der Waals surface area contributed by atoms with E-state index >= 15 is 0 Å². The Labute approximate surface area is 202 Å². The SMILES string of the molecule is CCCOCCOCCOCCOCCC(=O)NCCCC(=O)Nc1ccc(C#CC#N)cc1. The number of ether oxygens (including phenoxy) is 4. The van der Waals surface area contributed by atoms with Crippen LogP contribution in [0.5, 0.6) is 0 Å². The summed E-state index contributed by atoms with van der Waals surface area (Å²) in [7, 11) is 0. The molecule has 0 aliphatic rings. The number of nitrogens with zero attached hydrogens (tertiary/aromatic N) is 1. The van der Waals surface area contributed by atoms with Crippen LogP contribution >= 0.6 is 0 Å². The van der Waals surface area contributed by atoms with E-state index < -0.39 is 0 Å². The van der Waals surface area contributed by atoms with Crippen LogP contribution in [0.25, 0.3) is 0 Å². The standard InChI is InChI=1S/C25H35N3O6/c1-2-14-31-16-18-33-20-21-34-19-17-32-15-11-24(29)27-13-4-6-25(30)28-23-9-7-22(8-10-23)5-3-12-26/h7-10H,2,4,6,11,13-21H2,1H3,(H,27,29)(H,28,30). The van der Waals surface area contributed by atoms with E-state index in [1.807, 2.05) is 0 Å². The third-order valence-corrected chi connectivity index (χ3v) is 4.27. The fourth-order valence-corrected chi connectivity index (χ4v) is 2.60. The molecule has 0 aliphatic carbocycles. The maximum atomic E-state index is 12.0. The zero-order chi connectivity index (χ0) is 24.7. The van der Waals surface area contributed by atoms with Gasteiger partial charge in [-0.15, -0.1) is 0 Å². The summed E-state index contributed by atoms with van der Waals surface area (Å²) in [6.07, 6.45) is 2.09. The molecule has 0 heterocycles. The fourth-order valence-electron chi connectivity index (χ4n) is 2.60. The van der Waals surface area contributed by atoms with E-state index in [1.165, 1.54) is 0 Å². The summed E-state index contributed by atoms with van der Waals surface area (Å²) < 4.78 is 21.4. The van der Waals surface area contributed by atoms with Crippen LogP contribution in [0.4, 0.5) is 5.69 Å². The zero-order valence-electron chi connectivity index (χ0n) is 19.9. The summed E-state index contributed by atoms with van der Waals surface area (Å²) in [5, 5.41) is 14.0. The molecule has 1 rings (SSSR count). The van der Waals surface area contributed by atoms with Crippen molar-refractivity contribution in [1.29, 1.82) is 5.26 Å². The van der Waals surface area contributed by atoms with Crippen molar-refractivity contribution in [2.24, 2.45) is 0 Å². The smallest absolute Gasteiger partial charge is 0.224 e. The van der Waals surface area contributed by atoms with E-state index in [2.05, 4.69) is 29.4 Å². The van der Waals surface area contributed by atoms with Crippen molar-refractivity contribution in [3.05, 3.63) is 29.8 Å². The van der Waals surface area contributed by atoms with Gasteiger partial charge in [0.05, 0.1) is 46.2 Å². The van der Waals surface area contributed by atoms with Crippen molar-refractivity contribution in [2.75, 3.05) is 64.7 Å². The first kappa shape index (κ1) is 29.1. The molecule has 0 saturated carbocycles. The average molecular weight is 474 g/mol. The van der Waals surface area contributed by atoms with Crippen LogP contribution in [0.1, 0.15) is 38.2 Å². The number of carbonyl (C=O) groups excluding carboxylic acids is 2. The highest BCUT2D eigenvalue weighted by Crippen LogP contribution is 2.09. The minimum Gasteiger partial charge on any atom is -0.379 e. The number of hydrogen-bond acceptors (Lipinski definition) is 7. The van der Waals surface area contributed by atoms with Crippen LogP contribution in [0.2, 0.25) is 0 Å². The molecule has 0 saturated heterocycles. The van der Waals surface area contributed by atoms with Gasteiger partial charge in [0, 0.05) is 43.2 Å². The lowest BCUT2D eigenvalue weighted by atomic mass is 10.2. The van der Waals surface area contributed by atoms with Crippen molar-refractivity contribution in [3.8, 4) is 17.9 Å². The maximum absolute atomic E-state index is 12.0. The van der Waals surface area contributed by atoms with Crippen LogP contribution < -0.4 is 10.6 Å². The Balaban J connectivity index is 1.93. The molecule has 0 bridgehead atoms. The topological polar surface area (TPSA) is 119 Å². The van der Waals surface area contributed by atoms with E-state index in [9.17, 15) is 9.59 Å². The highest BCUT2D eigenvalue weighted by atomic mass is 16.6. The first-order valence-electron chi connectivity index (χ1n) is 11.5. The molecule has 0 aromatic heterocycles. The molecule has 2 amide bonds. The zero-order valence-corrected chi connectivity index (χ0v) is 19.9. The number of anilines is 1. The molecule has 1 aromatic carbocycles. The van der Waals surface area contributed by atoms with Gasteiger partial charge in [-0.05, 0) is 37.1 Å². The number of nitriles is 1. The maximum Gasteiger partial charge on any atom is 0.224 e. The highest BCUT2D eigenvalue weighted by Gasteiger charge is 2.04. The molecule has 34 heavy (non-hydrogen) atoms. The Morgan fingerprint density at radius 1 is 0.824 bits per heavy atom. The van der Waals surface area contributed by atoms with E-state index in [0.717, 1.165) is 13.0 Å². The third-order valence-electron chi connectivity index (χ3n) is 4.27. The molecule has 0 radical (unpaired) electrons. The number of nitrogens with one attached hydrogen (secondary N) is 2. The number of benzene rings is 1. The van der Waals surface area contributed by atoms with Crippen molar-refractivity contribution in [2.45, 2.75) is 32.6 Å². The summed E-state index contributed by atoms with van der Waals surface area (Å²) in [6, 6.07) is 8.67. The van der Waals surface area contributed by atoms with E-state index in [4.69, 9.17) is 24.2 Å². The van der Waals surface area contributed by atoms with Gasteiger partial charge in [-0.3, -0.25) is 9.59 Å². The van der Waals surface area contributed by atoms with Gasteiger partial charge in [-0.1, -0.05) is 12.8 Å². The Hall–Kier alpha value is -2.95. The predicted molar refractivity (Wildman–Crippen MR) is 128 cm³/mol. The molecule has 0 atom stereocenters. The Kier molecular flexibility index (Phi) is 17.7. The van der Waals surface area contributed by atoms with Crippen LogP contribution in [0, 0.1) is 23.2 Å². The largest absolute Gasteiger partial charge is 0.379 e. The summed E-state index contributed by atoms with van der Waals surface area (Å²) in [6.45, 7) is 6.59. The number of rotatable bonds is 19. The van der Waals surface area contributed by atoms with E-state index in [1.54, 1.807) is 30.3 Å². The Bertz CT molecular complexity index is 796. The van der Waals surface area contributed by atoms with Gasteiger partial charge in [0.15, 0.2) is 6.07 Å². The Morgan fingerprint density at radius 3 is 2.00 bits per heavy atom. The van der Waals surface area contributed by atoms with Gasteiger partial charge >= 0.3 is 0 Å². The van der Waals surface area contributed by atoms with Crippen molar-refractivity contribution in [3.63, 3.8) is 0 Å². The summed E-state index contributed by atoms with van der Waals surface area (Å²) in [5.41, 5.74) is 1.36. The molecule has 9 heteroatoms. The van der Waals surface area contributed by atoms with Crippen LogP contribution in [0.15, 0.2) is 24.3 Å². The molecule has 0 unspecified atom stereocenters. The first-order chi connectivity index (χ1) is 16.7. The predicted octanol–water partition coefficient (Wildman–Crippen LogP) is 2.26. The number of amides is 2. The fraction of sp³-hybridized carbons (Fsp3) is 0.560. The van der Waals surface area contributed by atoms with Gasteiger partial charge in [-0.25, -0.2) is 0 Å². The number of hydrogen-bond donors (Lipinski definition) is 2. The van der Waals surface area contributed by atoms with Crippen LogP contribution in [-0.2, 0) is 28.5 Å². The molecule has 1 aromatic rings. The normalized spacial score (nSPS) is 10.1. The lowest BCUT2D eigenvalue weighted by Crippen LogP contribution is -2.26. The second-order valence-electron chi connectivity index (χ2n) is 7.14. The minimum atomic E-state index is -0.135. The third kappa shape index (κ3) is 16.7. The highest BCUT2D eigenvalue weighted by molar-refractivity contribution is 5.90. The lowest BCUT2D eigenvalue weighted by Gasteiger charge is -2.08. The molecule has 0 fully saturated rings. The van der Waals surface area contributed by atoms with Gasteiger partial charge in [-0.2, -0.15) is 5.26 Å². The van der Waals surface area contributed by atoms with Crippen molar-refractivity contribution < 1.29 is 28.5 Å². The summed E-state index contributed by atoms with van der Waals surface area (Å²) in [5.74, 6) is 4.75. The van der Waals surface area contributed by atoms with E-state index in [0.29, 0.717) is 76.9 Å². The van der Waals surface area contributed by atoms with Crippen molar-refractivity contribution >= 4 is 17.5 Å². The monoisotopic (exact) mass is 473 g/mol. The average Bonchev–Trinajstić information content (AvgIpc) is 2.84. The second kappa shape index (κ2) is 20.6. The minimum absolute atomic E-state index is 0.117. The first-order valence-corrected chi connectivity index (χ1v) is 11.5. The van der Waals surface area contributed by atoms with Crippen LogP contribution in [-0.4, -0.2) is 71.2 Å². The Morgan fingerprint density at radius 2 is 1.41 bits per heavy atom. The molecule has 186 valence electrons. The molecular formula is C25H35N3O6. The summed E-state index contributed by atoms with van der Waals surface area (Å²) in [4.78, 5) is 23.8. The molecule has 2 N–H and O–H groups in total. The summed E-state index contributed by atoms with van der Waals surface area (Å²) >= 11 is 0.